The number of fused-ring (bicyclic) bond motifs is 1. The van der Waals surface area contributed by atoms with Crippen molar-refractivity contribution < 1.29 is 19.2 Å². The normalized spacial score (nSPS) is 10.4. The monoisotopic (exact) mass is 352 g/mol. The minimum Gasteiger partial charge on any atom is -0.496 e. The largest absolute Gasteiger partial charge is 0.496 e. The maximum absolute atomic E-state index is 12.7. The molecule has 0 aliphatic carbocycles. The summed E-state index contributed by atoms with van der Waals surface area (Å²) in [7, 11) is 2.88. The van der Waals surface area contributed by atoms with Crippen LogP contribution in [0.2, 0.25) is 0 Å². The van der Waals surface area contributed by atoms with Gasteiger partial charge in [-0.1, -0.05) is 24.3 Å². The lowest BCUT2D eigenvalue weighted by Crippen LogP contribution is -2.14. The van der Waals surface area contributed by atoms with Crippen molar-refractivity contribution in [2.45, 2.75) is 0 Å². The van der Waals surface area contributed by atoms with Gasteiger partial charge >= 0.3 is 0 Å². The number of amides is 1. The zero-order chi connectivity index (χ0) is 18.7. The maximum Gasteiger partial charge on any atom is 0.296 e. The Morgan fingerprint density at radius 2 is 1.69 bits per heavy atom. The Kier molecular flexibility index (Phi) is 4.70. The summed E-state index contributed by atoms with van der Waals surface area (Å²) in [5, 5.41) is 15.7. The fourth-order valence-corrected chi connectivity index (χ4v) is 2.65. The molecule has 7 heteroatoms. The second kappa shape index (κ2) is 7.10. The molecule has 1 amide bonds. The van der Waals surface area contributed by atoms with Crippen LogP contribution in [0.5, 0.6) is 11.5 Å². The highest BCUT2D eigenvalue weighted by Gasteiger charge is 2.20. The Labute approximate surface area is 149 Å². The van der Waals surface area contributed by atoms with Crippen LogP contribution in [-0.4, -0.2) is 25.1 Å². The SMILES string of the molecule is COc1ccc(NC(=O)c2cc3ccccc3cc2OC)c([N+](=O)[O-])c1. The van der Waals surface area contributed by atoms with Gasteiger partial charge in [-0.25, -0.2) is 0 Å². The van der Waals surface area contributed by atoms with E-state index in [-0.39, 0.29) is 16.9 Å². The molecule has 3 aromatic carbocycles. The van der Waals surface area contributed by atoms with Gasteiger partial charge in [-0.3, -0.25) is 14.9 Å². The molecule has 1 N–H and O–H groups in total. The van der Waals surface area contributed by atoms with Crippen molar-refractivity contribution in [3.63, 3.8) is 0 Å². The number of anilines is 1. The number of nitro benzene ring substituents is 1. The Bertz CT molecular complexity index is 1000. The van der Waals surface area contributed by atoms with Gasteiger partial charge in [0.25, 0.3) is 11.6 Å². The van der Waals surface area contributed by atoms with Crippen LogP contribution >= 0.6 is 0 Å². The molecule has 3 aromatic rings. The van der Waals surface area contributed by atoms with Crippen LogP contribution in [0.25, 0.3) is 10.8 Å². The summed E-state index contributed by atoms with van der Waals surface area (Å²) in [5.41, 5.74) is 0.116. The Balaban J connectivity index is 2.00. The Hall–Kier alpha value is -3.61. The molecule has 0 radical (unpaired) electrons. The number of nitro groups is 1. The number of hydrogen-bond donors (Lipinski definition) is 1. The first kappa shape index (κ1) is 17.2. The van der Waals surface area contributed by atoms with Crippen LogP contribution < -0.4 is 14.8 Å². The van der Waals surface area contributed by atoms with Crippen molar-refractivity contribution in [1.29, 1.82) is 0 Å². The number of ether oxygens (including phenoxy) is 2. The van der Waals surface area contributed by atoms with Crippen molar-refractivity contribution in [3.8, 4) is 11.5 Å². The predicted octanol–water partition coefficient (Wildman–Crippen LogP) is 4.02. The molecular formula is C19H16N2O5. The van der Waals surface area contributed by atoms with E-state index in [4.69, 9.17) is 9.47 Å². The smallest absolute Gasteiger partial charge is 0.296 e. The molecule has 0 fully saturated rings. The van der Waals surface area contributed by atoms with Crippen LogP contribution in [0.15, 0.2) is 54.6 Å². The third kappa shape index (κ3) is 3.27. The lowest BCUT2D eigenvalue weighted by Gasteiger charge is -2.12. The molecule has 0 spiro atoms. The summed E-state index contributed by atoms with van der Waals surface area (Å²) < 4.78 is 10.3. The van der Waals surface area contributed by atoms with Crippen LogP contribution in [0.3, 0.4) is 0 Å². The molecular weight excluding hydrogens is 336 g/mol. The summed E-state index contributed by atoms with van der Waals surface area (Å²) in [5.74, 6) is 0.219. The topological polar surface area (TPSA) is 90.7 Å². The fourth-order valence-electron chi connectivity index (χ4n) is 2.65. The molecule has 0 aliphatic heterocycles. The summed E-state index contributed by atoms with van der Waals surface area (Å²) in [6.45, 7) is 0. The summed E-state index contributed by atoms with van der Waals surface area (Å²) in [6.07, 6.45) is 0. The Morgan fingerprint density at radius 1 is 1.00 bits per heavy atom. The van der Waals surface area contributed by atoms with E-state index in [0.29, 0.717) is 11.5 Å². The second-order valence-corrected chi connectivity index (χ2v) is 5.49. The number of nitrogens with one attached hydrogen (secondary N) is 1. The molecule has 7 nitrogen and oxygen atoms in total. The van der Waals surface area contributed by atoms with E-state index >= 15 is 0 Å². The lowest BCUT2D eigenvalue weighted by molar-refractivity contribution is -0.384. The van der Waals surface area contributed by atoms with E-state index in [1.54, 1.807) is 18.2 Å². The number of carbonyl (C=O) groups is 1. The third-order valence-electron chi connectivity index (χ3n) is 3.96. The first-order valence-electron chi connectivity index (χ1n) is 7.74. The first-order chi connectivity index (χ1) is 12.5. The van der Waals surface area contributed by atoms with E-state index in [1.165, 1.54) is 26.4 Å². The van der Waals surface area contributed by atoms with Crippen LogP contribution in [0.4, 0.5) is 11.4 Å². The van der Waals surface area contributed by atoms with Gasteiger partial charge in [0.15, 0.2) is 0 Å². The zero-order valence-electron chi connectivity index (χ0n) is 14.2. The van der Waals surface area contributed by atoms with Gasteiger partial charge in [-0.05, 0) is 35.0 Å². The zero-order valence-corrected chi connectivity index (χ0v) is 14.2. The van der Waals surface area contributed by atoms with Crippen molar-refractivity contribution >= 4 is 28.1 Å². The van der Waals surface area contributed by atoms with Crippen LogP contribution in [-0.2, 0) is 0 Å². The molecule has 0 aromatic heterocycles. The Morgan fingerprint density at radius 3 is 2.31 bits per heavy atom. The number of carbonyl (C=O) groups excluding carboxylic acids is 1. The molecule has 3 rings (SSSR count). The maximum atomic E-state index is 12.7. The van der Waals surface area contributed by atoms with Gasteiger partial charge in [0.2, 0.25) is 0 Å². The minimum absolute atomic E-state index is 0.0796. The minimum atomic E-state index is -0.574. The van der Waals surface area contributed by atoms with Crippen molar-refractivity contribution in [3.05, 3.63) is 70.3 Å². The lowest BCUT2D eigenvalue weighted by atomic mass is 10.1. The molecule has 0 saturated heterocycles. The number of methoxy groups -OCH3 is 2. The predicted molar refractivity (Wildman–Crippen MR) is 98.1 cm³/mol. The summed E-state index contributed by atoms with van der Waals surface area (Å²) in [4.78, 5) is 23.4. The van der Waals surface area contributed by atoms with Crippen LogP contribution in [0.1, 0.15) is 10.4 Å². The fraction of sp³-hybridized carbons (Fsp3) is 0.105. The number of benzene rings is 3. The van der Waals surface area contributed by atoms with Gasteiger partial charge in [0, 0.05) is 0 Å². The van der Waals surface area contributed by atoms with Crippen LogP contribution in [0, 0.1) is 10.1 Å². The van der Waals surface area contributed by atoms with Crippen molar-refractivity contribution in [1.82, 2.24) is 0 Å². The van der Waals surface area contributed by atoms with E-state index in [9.17, 15) is 14.9 Å². The highest BCUT2D eigenvalue weighted by molar-refractivity contribution is 6.09. The van der Waals surface area contributed by atoms with Gasteiger partial charge < -0.3 is 14.8 Å². The second-order valence-electron chi connectivity index (χ2n) is 5.49. The van der Waals surface area contributed by atoms with E-state index in [2.05, 4.69) is 5.32 Å². The van der Waals surface area contributed by atoms with Crippen molar-refractivity contribution in [2.75, 3.05) is 19.5 Å². The van der Waals surface area contributed by atoms with Gasteiger partial charge in [0.05, 0.1) is 30.8 Å². The molecule has 0 atom stereocenters. The summed E-state index contributed by atoms with van der Waals surface area (Å²) in [6, 6.07) is 15.2. The standard InChI is InChI=1S/C19H16N2O5/c1-25-14-7-8-16(17(11-14)21(23)24)20-19(22)15-9-12-5-3-4-6-13(12)10-18(15)26-2/h3-11H,1-2H3,(H,20,22). The van der Waals surface area contributed by atoms with Gasteiger partial charge in [-0.15, -0.1) is 0 Å². The van der Waals surface area contributed by atoms with E-state index in [1.807, 2.05) is 24.3 Å². The molecule has 0 unspecified atom stereocenters. The molecule has 0 saturated carbocycles. The third-order valence-corrected chi connectivity index (χ3v) is 3.96. The average Bonchev–Trinajstić information content (AvgIpc) is 2.66. The average molecular weight is 352 g/mol. The highest BCUT2D eigenvalue weighted by atomic mass is 16.6. The molecule has 0 heterocycles. The first-order valence-corrected chi connectivity index (χ1v) is 7.74. The number of nitrogens with zero attached hydrogens (tertiary/aromatic N) is 1. The van der Waals surface area contributed by atoms with Crippen molar-refractivity contribution in [2.24, 2.45) is 0 Å². The summed E-state index contributed by atoms with van der Waals surface area (Å²) >= 11 is 0. The number of hydrogen-bond acceptors (Lipinski definition) is 5. The molecule has 0 bridgehead atoms. The van der Waals surface area contributed by atoms with Gasteiger partial charge in [0.1, 0.15) is 17.2 Å². The van der Waals surface area contributed by atoms with E-state index in [0.717, 1.165) is 10.8 Å². The highest BCUT2D eigenvalue weighted by Crippen LogP contribution is 2.31. The molecule has 26 heavy (non-hydrogen) atoms. The van der Waals surface area contributed by atoms with E-state index < -0.39 is 10.8 Å². The molecule has 0 aliphatic rings. The number of rotatable bonds is 5. The quantitative estimate of drug-likeness (QED) is 0.553. The molecule has 132 valence electrons. The van der Waals surface area contributed by atoms with Gasteiger partial charge in [-0.2, -0.15) is 0 Å².